The Morgan fingerprint density at radius 2 is 2.17 bits per heavy atom. The minimum Gasteiger partial charge on any atom is -0.313 e. The average Bonchev–Trinajstić information content (AvgIpc) is 2.77. The minimum absolute atomic E-state index is 0.115. The molecule has 0 aliphatic heterocycles. The lowest BCUT2D eigenvalue weighted by molar-refractivity contribution is 0.554. The maximum atomic E-state index is 13.9. The van der Waals surface area contributed by atoms with Crippen LogP contribution in [-0.2, 0) is 6.42 Å². The smallest absolute Gasteiger partial charge is 0.145 e. The second kappa shape index (κ2) is 5.83. The highest BCUT2D eigenvalue weighted by atomic mass is 35.5. The summed E-state index contributed by atoms with van der Waals surface area (Å²) in [5, 5.41) is 7.64. The van der Waals surface area contributed by atoms with E-state index in [9.17, 15) is 4.39 Å². The van der Waals surface area contributed by atoms with Gasteiger partial charge >= 0.3 is 0 Å². The molecule has 1 aromatic carbocycles. The van der Waals surface area contributed by atoms with Gasteiger partial charge in [0.05, 0.1) is 5.02 Å². The molecule has 1 atom stereocenters. The Bertz CT molecular complexity index is 538. The lowest BCUT2D eigenvalue weighted by Crippen LogP contribution is -2.19. The summed E-state index contributed by atoms with van der Waals surface area (Å²) in [5.74, 6) is -0.313. The monoisotopic (exact) mass is 283 g/mol. The number of benzene rings is 1. The molecule has 18 heavy (non-hydrogen) atoms. The predicted octanol–water partition coefficient (Wildman–Crippen LogP) is 4.35. The number of aryl methyl sites for hydroxylation is 1. The fourth-order valence-electron chi connectivity index (χ4n) is 2.02. The zero-order valence-corrected chi connectivity index (χ0v) is 11.9. The zero-order valence-electron chi connectivity index (χ0n) is 10.3. The molecule has 1 aromatic heterocycles. The second-order valence-corrected chi connectivity index (χ2v) is 5.42. The van der Waals surface area contributed by atoms with Crippen LogP contribution in [0, 0.1) is 12.7 Å². The summed E-state index contributed by atoms with van der Waals surface area (Å²) < 4.78 is 13.9. The van der Waals surface area contributed by atoms with Gasteiger partial charge in [0.2, 0.25) is 0 Å². The van der Waals surface area contributed by atoms with Gasteiger partial charge in [0.1, 0.15) is 5.82 Å². The SMILES string of the molecule is CNC(Cc1cccc(Cl)c1F)c1cscc1C. The molecule has 4 heteroatoms. The molecule has 1 nitrogen and oxygen atoms in total. The van der Waals surface area contributed by atoms with Crippen molar-refractivity contribution >= 4 is 22.9 Å². The molecule has 1 heterocycles. The fraction of sp³-hybridized carbons (Fsp3) is 0.286. The van der Waals surface area contributed by atoms with Crippen molar-refractivity contribution < 1.29 is 4.39 Å². The standard InChI is InChI=1S/C14H15ClFNS/c1-9-7-18-8-11(9)13(17-2)6-10-4-3-5-12(15)14(10)16/h3-5,7-8,13,17H,6H2,1-2H3. The number of nitrogens with one attached hydrogen (secondary N) is 1. The Balaban J connectivity index is 2.26. The molecule has 2 rings (SSSR count). The van der Waals surface area contributed by atoms with Crippen molar-refractivity contribution in [1.82, 2.24) is 5.32 Å². The highest BCUT2D eigenvalue weighted by Gasteiger charge is 2.16. The predicted molar refractivity (Wildman–Crippen MR) is 76.0 cm³/mol. The van der Waals surface area contributed by atoms with Crippen molar-refractivity contribution in [1.29, 1.82) is 0 Å². The van der Waals surface area contributed by atoms with E-state index in [-0.39, 0.29) is 16.9 Å². The molecule has 0 aliphatic rings. The van der Waals surface area contributed by atoms with Crippen molar-refractivity contribution in [3.63, 3.8) is 0 Å². The van der Waals surface area contributed by atoms with E-state index in [0.29, 0.717) is 12.0 Å². The number of thiophene rings is 1. The van der Waals surface area contributed by atoms with Crippen LogP contribution >= 0.6 is 22.9 Å². The molecule has 0 radical (unpaired) electrons. The molecule has 0 amide bonds. The summed E-state index contributed by atoms with van der Waals surface area (Å²) in [4.78, 5) is 0. The van der Waals surface area contributed by atoms with E-state index in [1.165, 1.54) is 11.1 Å². The lowest BCUT2D eigenvalue weighted by Gasteiger charge is -2.17. The van der Waals surface area contributed by atoms with Crippen LogP contribution in [0.25, 0.3) is 0 Å². The van der Waals surface area contributed by atoms with Gasteiger partial charge in [0.15, 0.2) is 0 Å². The lowest BCUT2D eigenvalue weighted by atomic mass is 9.98. The van der Waals surface area contributed by atoms with E-state index in [4.69, 9.17) is 11.6 Å². The zero-order chi connectivity index (χ0) is 13.1. The largest absolute Gasteiger partial charge is 0.313 e. The third kappa shape index (κ3) is 2.74. The normalized spacial score (nSPS) is 12.7. The van der Waals surface area contributed by atoms with Gasteiger partial charge in [-0.15, -0.1) is 0 Å². The Labute approximate surface area is 116 Å². The van der Waals surface area contributed by atoms with Crippen LogP contribution < -0.4 is 5.32 Å². The Morgan fingerprint density at radius 3 is 2.78 bits per heavy atom. The van der Waals surface area contributed by atoms with Gasteiger partial charge in [-0.3, -0.25) is 0 Å². The van der Waals surface area contributed by atoms with E-state index < -0.39 is 0 Å². The summed E-state index contributed by atoms with van der Waals surface area (Å²) in [6, 6.07) is 5.26. The van der Waals surface area contributed by atoms with Crippen molar-refractivity contribution in [3.05, 3.63) is 56.5 Å². The molecule has 96 valence electrons. The summed E-state index contributed by atoms with van der Waals surface area (Å²) in [7, 11) is 1.89. The number of hydrogen-bond donors (Lipinski definition) is 1. The van der Waals surface area contributed by atoms with Gasteiger partial charge in [0, 0.05) is 6.04 Å². The third-order valence-corrected chi connectivity index (χ3v) is 4.25. The molecule has 1 unspecified atom stereocenters. The molecular weight excluding hydrogens is 269 g/mol. The van der Waals surface area contributed by atoms with Crippen molar-refractivity contribution in [2.75, 3.05) is 7.05 Å². The second-order valence-electron chi connectivity index (χ2n) is 4.27. The molecular formula is C14H15ClFNS. The van der Waals surface area contributed by atoms with Gasteiger partial charge in [-0.2, -0.15) is 11.3 Å². The van der Waals surface area contributed by atoms with E-state index in [0.717, 1.165) is 0 Å². The highest BCUT2D eigenvalue weighted by molar-refractivity contribution is 7.08. The van der Waals surface area contributed by atoms with Gasteiger partial charge in [-0.25, -0.2) is 4.39 Å². The number of rotatable bonds is 4. The van der Waals surface area contributed by atoms with Crippen LogP contribution in [0.2, 0.25) is 5.02 Å². The minimum atomic E-state index is -0.313. The summed E-state index contributed by atoms with van der Waals surface area (Å²) in [6.45, 7) is 2.07. The first-order valence-electron chi connectivity index (χ1n) is 5.76. The van der Waals surface area contributed by atoms with Crippen LogP contribution in [0.1, 0.15) is 22.7 Å². The third-order valence-electron chi connectivity index (χ3n) is 3.07. The first kappa shape index (κ1) is 13.5. The summed E-state index contributed by atoms with van der Waals surface area (Å²) in [5.41, 5.74) is 3.11. The number of likely N-dealkylation sites (N-methyl/N-ethyl adjacent to an activating group) is 1. The highest BCUT2D eigenvalue weighted by Crippen LogP contribution is 2.27. The van der Waals surface area contributed by atoms with E-state index in [1.807, 2.05) is 7.05 Å². The van der Waals surface area contributed by atoms with Crippen LogP contribution in [-0.4, -0.2) is 7.05 Å². The molecule has 2 aromatic rings. The summed E-state index contributed by atoms with van der Waals surface area (Å²) >= 11 is 7.47. The van der Waals surface area contributed by atoms with Crippen LogP contribution in [0.3, 0.4) is 0 Å². The topological polar surface area (TPSA) is 12.0 Å². The maximum Gasteiger partial charge on any atom is 0.145 e. The molecule has 0 bridgehead atoms. The van der Waals surface area contributed by atoms with Crippen molar-refractivity contribution in [2.45, 2.75) is 19.4 Å². The van der Waals surface area contributed by atoms with Crippen LogP contribution in [0.15, 0.2) is 29.0 Å². The first-order valence-corrected chi connectivity index (χ1v) is 7.08. The molecule has 0 aliphatic carbocycles. The van der Waals surface area contributed by atoms with Gasteiger partial charge in [0.25, 0.3) is 0 Å². The van der Waals surface area contributed by atoms with E-state index >= 15 is 0 Å². The van der Waals surface area contributed by atoms with Crippen molar-refractivity contribution in [2.24, 2.45) is 0 Å². The van der Waals surface area contributed by atoms with Crippen LogP contribution in [0.5, 0.6) is 0 Å². The van der Waals surface area contributed by atoms with Crippen LogP contribution in [0.4, 0.5) is 4.39 Å². The van der Waals surface area contributed by atoms with Gasteiger partial charge in [-0.05, 0) is 53.9 Å². The fourth-order valence-corrected chi connectivity index (χ4v) is 3.12. The Hall–Kier alpha value is -0.900. The molecule has 0 saturated heterocycles. The van der Waals surface area contributed by atoms with Crippen molar-refractivity contribution in [3.8, 4) is 0 Å². The molecule has 0 spiro atoms. The van der Waals surface area contributed by atoms with E-state index in [2.05, 4.69) is 23.0 Å². The number of hydrogen-bond acceptors (Lipinski definition) is 2. The quantitative estimate of drug-likeness (QED) is 0.879. The first-order chi connectivity index (χ1) is 8.63. The molecule has 1 N–H and O–H groups in total. The van der Waals surface area contributed by atoms with Gasteiger partial charge in [-0.1, -0.05) is 23.7 Å². The summed E-state index contributed by atoms with van der Waals surface area (Å²) in [6.07, 6.45) is 0.598. The Morgan fingerprint density at radius 1 is 1.39 bits per heavy atom. The van der Waals surface area contributed by atoms with E-state index in [1.54, 1.807) is 29.5 Å². The maximum absolute atomic E-state index is 13.9. The Kier molecular flexibility index (Phi) is 4.38. The average molecular weight is 284 g/mol. The molecule has 0 saturated carbocycles. The number of halogens is 2. The van der Waals surface area contributed by atoms with Gasteiger partial charge < -0.3 is 5.32 Å². The molecule has 0 fully saturated rings.